The van der Waals surface area contributed by atoms with Crippen molar-refractivity contribution in [1.82, 2.24) is 5.32 Å². The number of hydrogen-bond donors (Lipinski definition) is 1. The number of hydrogen-bond acceptors (Lipinski definition) is 1. The second kappa shape index (κ2) is 3.64. The average Bonchev–Trinajstić information content (AvgIpc) is 2.03. The lowest BCUT2D eigenvalue weighted by atomic mass is 9.90. The van der Waals surface area contributed by atoms with Crippen molar-refractivity contribution in [3.8, 4) is 0 Å². The Bertz CT molecular complexity index is 144. The van der Waals surface area contributed by atoms with Crippen molar-refractivity contribution >= 4 is 0 Å². The molecule has 1 fully saturated rings. The van der Waals surface area contributed by atoms with Crippen LogP contribution >= 0.6 is 0 Å². The fourth-order valence-electron chi connectivity index (χ4n) is 1.62. The molecule has 1 nitrogen and oxygen atoms in total. The number of alkyl halides is 3. The number of halogens is 3. The zero-order valence-corrected chi connectivity index (χ0v) is 7.12. The van der Waals surface area contributed by atoms with Crippen LogP contribution in [0, 0.1) is 5.92 Å². The summed E-state index contributed by atoms with van der Waals surface area (Å²) in [5.41, 5.74) is 0. The molecule has 12 heavy (non-hydrogen) atoms. The van der Waals surface area contributed by atoms with Crippen LogP contribution in [0.2, 0.25) is 0 Å². The van der Waals surface area contributed by atoms with Crippen molar-refractivity contribution in [2.45, 2.75) is 38.4 Å². The van der Waals surface area contributed by atoms with Crippen LogP contribution < -0.4 is 5.32 Å². The smallest absolute Gasteiger partial charge is 0.306 e. The van der Waals surface area contributed by atoms with Gasteiger partial charge in [-0.05, 0) is 25.3 Å². The van der Waals surface area contributed by atoms with Crippen LogP contribution in [0.5, 0.6) is 0 Å². The fraction of sp³-hybridized carbons (Fsp3) is 1.00. The molecule has 72 valence electrons. The van der Waals surface area contributed by atoms with Crippen molar-refractivity contribution in [1.29, 1.82) is 0 Å². The molecule has 4 heteroatoms. The summed E-state index contributed by atoms with van der Waals surface area (Å²) in [6.45, 7) is 2.45. The fourth-order valence-corrected chi connectivity index (χ4v) is 1.62. The van der Waals surface area contributed by atoms with Gasteiger partial charge in [0.25, 0.3) is 0 Å². The SMILES string of the molecule is CC[C@@H]1CCN[C@H](C(F)(F)F)C1. The lowest BCUT2D eigenvalue weighted by Crippen LogP contribution is -2.47. The zero-order valence-electron chi connectivity index (χ0n) is 7.12. The van der Waals surface area contributed by atoms with Gasteiger partial charge in [0.05, 0.1) is 0 Å². The minimum Gasteiger partial charge on any atom is -0.306 e. The Kier molecular flexibility index (Phi) is 2.99. The van der Waals surface area contributed by atoms with E-state index in [1.807, 2.05) is 6.92 Å². The van der Waals surface area contributed by atoms with Crippen LogP contribution in [-0.4, -0.2) is 18.8 Å². The first kappa shape index (κ1) is 9.84. The van der Waals surface area contributed by atoms with Gasteiger partial charge in [-0.2, -0.15) is 13.2 Å². The maximum absolute atomic E-state index is 12.2. The molecule has 0 aromatic carbocycles. The van der Waals surface area contributed by atoms with E-state index in [1.165, 1.54) is 0 Å². The number of rotatable bonds is 1. The van der Waals surface area contributed by atoms with Gasteiger partial charge in [0.2, 0.25) is 0 Å². The minimum atomic E-state index is -4.06. The maximum Gasteiger partial charge on any atom is 0.403 e. The molecule has 1 aliphatic heterocycles. The van der Waals surface area contributed by atoms with E-state index < -0.39 is 12.2 Å². The van der Waals surface area contributed by atoms with Crippen LogP contribution in [0.1, 0.15) is 26.2 Å². The van der Waals surface area contributed by atoms with Gasteiger partial charge in [-0.15, -0.1) is 0 Å². The molecule has 0 aromatic heterocycles. The molecule has 1 N–H and O–H groups in total. The van der Waals surface area contributed by atoms with Gasteiger partial charge in [0, 0.05) is 0 Å². The van der Waals surface area contributed by atoms with Crippen LogP contribution in [0.3, 0.4) is 0 Å². The predicted molar refractivity (Wildman–Crippen MR) is 40.9 cm³/mol. The standard InChI is InChI=1S/C8H14F3N/c1-2-6-3-4-12-7(5-6)8(9,10)11/h6-7,12H,2-5H2,1H3/t6-,7+/m1/s1. The van der Waals surface area contributed by atoms with Crippen LogP contribution in [0.25, 0.3) is 0 Å². The van der Waals surface area contributed by atoms with E-state index in [0.29, 0.717) is 6.54 Å². The molecule has 0 aromatic rings. The lowest BCUT2D eigenvalue weighted by Gasteiger charge is -2.30. The molecule has 0 saturated carbocycles. The number of nitrogens with one attached hydrogen (secondary N) is 1. The van der Waals surface area contributed by atoms with Crippen molar-refractivity contribution in [3.63, 3.8) is 0 Å². The third-order valence-electron chi connectivity index (χ3n) is 2.48. The summed E-state index contributed by atoms with van der Waals surface area (Å²) in [7, 11) is 0. The quantitative estimate of drug-likeness (QED) is 0.654. The first-order chi connectivity index (χ1) is 5.54. The highest BCUT2D eigenvalue weighted by Gasteiger charge is 2.41. The summed E-state index contributed by atoms with van der Waals surface area (Å²) < 4.78 is 36.6. The maximum atomic E-state index is 12.2. The average molecular weight is 181 g/mol. The molecule has 2 atom stereocenters. The van der Waals surface area contributed by atoms with Gasteiger partial charge in [-0.1, -0.05) is 13.3 Å². The van der Waals surface area contributed by atoms with Crippen LogP contribution in [0.15, 0.2) is 0 Å². The van der Waals surface area contributed by atoms with Gasteiger partial charge in [0.1, 0.15) is 6.04 Å². The summed E-state index contributed by atoms with van der Waals surface area (Å²) in [6, 6.07) is -1.27. The van der Waals surface area contributed by atoms with E-state index in [1.54, 1.807) is 0 Å². The van der Waals surface area contributed by atoms with Crippen LogP contribution in [0.4, 0.5) is 13.2 Å². The van der Waals surface area contributed by atoms with E-state index in [-0.39, 0.29) is 12.3 Å². The molecule has 0 spiro atoms. The first-order valence-electron chi connectivity index (χ1n) is 4.34. The molecule has 1 rings (SSSR count). The Balaban J connectivity index is 2.46. The van der Waals surface area contributed by atoms with Crippen molar-refractivity contribution < 1.29 is 13.2 Å². The Morgan fingerprint density at radius 3 is 2.58 bits per heavy atom. The molecular weight excluding hydrogens is 167 g/mol. The summed E-state index contributed by atoms with van der Waals surface area (Å²) in [6.07, 6.45) is -2.08. The zero-order chi connectivity index (χ0) is 9.19. The summed E-state index contributed by atoms with van der Waals surface area (Å²) in [5, 5.41) is 2.50. The molecule has 0 aliphatic carbocycles. The molecule has 1 aliphatic rings. The highest BCUT2D eigenvalue weighted by molar-refractivity contribution is 4.82. The highest BCUT2D eigenvalue weighted by atomic mass is 19.4. The Hall–Kier alpha value is -0.250. The van der Waals surface area contributed by atoms with E-state index in [0.717, 1.165) is 12.8 Å². The summed E-state index contributed by atoms with van der Waals surface area (Å²) in [5.74, 6) is 0.248. The second-order valence-electron chi connectivity index (χ2n) is 3.35. The van der Waals surface area contributed by atoms with Gasteiger partial charge in [0.15, 0.2) is 0 Å². The normalized spacial score (nSPS) is 32.0. The molecule has 1 heterocycles. The van der Waals surface area contributed by atoms with E-state index in [2.05, 4.69) is 5.32 Å². The Morgan fingerprint density at radius 1 is 1.42 bits per heavy atom. The predicted octanol–water partition coefficient (Wildman–Crippen LogP) is 2.33. The topological polar surface area (TPSA) is 12.0 Å². The van der Waals surface area contributed by atoms with E-state index in [4.69, 9.17) is 0 Å². The second-order valence-corrected chi connectivity index (χ2v) is 3.35. The highest BCUT2D eigenvalue weighted by Crippen LogP contribution is 2.29. The largest absolute Gasteiger partial charge is 0.403 e. The first-order valence-corrected chi connectivity index (χ1v) is 4.34. The lowest BCUT2D eigenvalue weighted by molar-refractivity contribution is -0.163. The van der Waals surface area contributed by atoms with Crippen molar-refractivity contribution in [2.75, 3.05) is 6.54 Å². The molecule has 0 amide bonds. The molecule has 0 bridgehead atoms. The van der Waals surface area contributed by atoms with Crippen molar-refractivity contribution in [2.24, 2.45) is 5.92 Å². The third kappa shape index (κ3) is 2.37. The monoisotopic (exact) mass is 181 g/mol. The van der Waals surface area contributed by atoms with Crippen LogP contribution in [-0.2, 0) is 0 Å². The molecule has 0 unspecified atom stereocenters. The van der Waals surface area contributed by atoms with E-state index in [9.17, 15) is 13.2 Å². The van der Waals surface area contributed by atoms with Gasteiger partial charge in [-0.3, -0.25) is 0 Å². The van der Waals surface area contributed by atoms with Gasteiger partial charge < -0.3 is 5.32 Å². The summed E-state index contributed by atoms with van der Waals surface area (Å²) in [4.78, 5) is 0. The summed E-state index contributed by atoms with van der Waals surface area (Å²) >= 11 is 0. The van der Waals surface area contributed by atoms with Gasteiger partial charge in [-0.25, -0.2) is 0 Å². The van der Waals surface area contributed by atoms with E-state index >= 15 is 0 Å². The molecular formula is C8H14F3N. The minimum absolute atomic E-state index is 0.248. The Morgan fingerprint density at radius 2 is 2.08 bits per heavy atom. The molecule has 0 radical (unpaired) electrons. The molecule has 1 saturated heterocycles. The Labute approximate surface area is 70.3 Å². The third-order valence-corrected chi connectivity index (χ3v) is 2.48. The van der Waals surface area contributed by atoms with Crippen molar-refractivity contribution in [3.05, 3.63) is 0 Å². The number of piperidine rings is 1. The van der Waals surface area contributed by atoms with Gasteiger partial charge >= 0.3 is 6.18 Å².